The summed E-state index contributed by atoms with van der Waals surface area (Å²) in [6.07, 6.45) is 4.23. The highest BCUT2D eigenvalue weighted by Gasteiger charge is 2.62. The zero-order chi connectivity index (χ0) is 12.6. The van der Waals surface area contributed by atoms with Crippen LogP contribution >= 0.6 is 0 Å². The van der Waals surface area contributed by atoms with Gasteiger partial charge < -0.3 is 4.74 Å². The van der Waals surface area contributed by atoms with Gasteiger partial charge in [-0.25, -0.2) is 0 Å². The molecule has 0 radical (unpaired) electrons. The summed E-state index contributed by atoms with van der Waals surface area (Å²) in [5, 5.41) is 0. The van der Waals surface area contributed by atoms with Gasteiger partial charge in [-0.3, -0.25) is 9.69 Å². The first-order chi connectivity index (χ1) is 8.79. The number of hydrogen-bond donors (Lipinski definition) is 0. The van der Waals surface area contributed by atoms with Crippen molar-refractivity contribution >= 4 is 11.6 Å². The fourth-order valence-corrected chi connectivity index (χ4v) is 3.40. The van der Waals surface area contributed by atoms with E-state index in [1.54, 1.807) is 0 Å². The molecule has 1 amide bonds. The molecule has 3 rings (SSSR count). The van der Waals surface area contributed by atoms with Crippen molar-refractivity contribution in [2.45, 2.75) is 38.3 Å². The monoisotopic (exact) mass is 245 g/mol. The lowest BCUT2D eigenvalue weighted by molar-refractivity contribution is -0.177. The van der Waals surface area contributed by atoms with E-state index < -0.39 is 0 Å². The second kappa shape index (κ2) is 4.39. The molecule has 1 heterocycles. The maximum atomic E-state index is 12.3. The van der Waals surface area contributed by atoms with Crippen LogP contribution in [0.5, 0.6) is 0 Å². The number of carbonyl (C=O) groups is 1. The third-order valence-electron chi connectivity index (χ3n) is 4.13. The third kappa shape index (κ3) is 1.50. The number of ether oxygens (including phenoxy) is 1. The number of β-lactam (4-membered cyclic amide) rings is 1. The van der Waals surface area contributed by atoms with Gasteiger partial charge >= 0.3 is 0 Å². The Morgan fingerprint density at radius 2 is 2.11 bits per heavy atom. The molecule has 2 fully saturated rings. The van der Waals surface area contributed by atoms with Gasteiger partial charge in [0, 0.05) is 12.3 Å². The van der Waals surface area contributed by atoms with Crippen LogP contribution in [-0.4, -0.2) is 18.2 Å². The van der Waals surface area contributed by atoms with Gasteiger partial charge in [0.1, 0.15) is 0 Å². The minimum Gasteiger partial charge on any atom is -0.355 e. The molecule has 1 saturated heterocycles. The molecule has 3 heteroatoms. The Balaban J connectivity index is 1.96. The van der Waals surface area contributed by atoms with Crippen molar-refractivity contribution in [1.82, 2.24) is 0 Å². The zero-order valence-electron chi connectivity index (χ0n) is 10.8. The van der Waals surface area contributed by atoms with Crippen molar-refractivity contribution in [2.75, 3.05) is 11.5 Å². The van der Waals surface area contributed by atoms with Gasteiger partial charge in [-0.2, -0.15) is 0 Å². The van der Waals surface area contributed by atoms with E-state index in [1.807, 2.05) is 42.2 Å². The molecule has 1 aliphatic heterocycles. The summed E-state index contributed by atoms with van der Waals surface area (Å²) < 4.78 is 6.01. The van der Waals surface area contributed by atoms with Gasteiger partial charge in [0.2, 0.25) is 5.91 Å². The second-order valence-electron chi connectivity index (χ2n) is 5.09. The topological polar surface area (TPSA) is 29.5 Å². The van der Waals surface area contributed by atoms with Crippen LogP contribution in [0, 0.1) is 5.92 Å². The van der Waals surface area contributed by atoms with Crippen LogP contribution in [0.15, 0.2) is 30.3 Å². The predicted molar refractivity (Wildman–Crippen MR) is 70.2 cm³/mol. The number of amides is 1. The third-order valence-corrected chi connectivity index (χ3v) is 4.13. The van der Waals surface area contributed by atoms with Crippen LogP contribution in [0.25, 0.3) is 0 Å². The summed E-state index contributed by atoms with van der Waals surface area (Å²) in [5.74, 6) is 0.306. The normalized spacial score (nSPS) is 30.8. The summed E-state index contributed by atoms with van der Waals surface area (Å²) in [7, 11) is 0. The van der Waals surface area contributed by atoms with E-state index in [4.69, 9.17) is 4.74 Å². The van der Waals surface area contributed by atoms with Gasteiger partial charge in [-0.05, 0) is 38.3 Å². The minimum atomic E-state index is -0.356. The molecular formula is C15H19NO2. The summed E-state index contributed by atoms with van der Waals surface area (Å²) >= 11 is 0. The summed E-state index contributed by atoms with van der Waals surface area (Å²) in [6.45, 7) is 2.67. The zero-order valence-corrected chi connectivity index (χ0v) is 10.8. The van der Waals surface area contributed by atoms with E-state index in [0.717, 1.165) is 31.4 Å². The molecule has 96 valence electrons. The molecule has 0 bridgehead atoms. The van der Waals surface area contributed by atoms with Crippen molar-refractivity contribution in [2.24, 2.45) is 5.92 Å². The molecule has 1 saturated carbocycles. The Hall–Kier alpha value is -1.35. The lowest BCUT2D eigenvalue weighted by Gasteiger charge is -2.58. The first kappa shape index (κ1) is 11.7. The van der Waals surface area contributed by atoms with Crippen LogP contribution in [0.2, 0.25) is 0 Å². The van der Waals surface area contributed by atoms with Crippen molar-refractivity contribution in [3.63, 3.8) is 0 Å². The second-order valence-corrected chi connectivity index (χ2v) is 5.09. The van der Waals surface area contributed by atoms with E-state index >= 15 is 0 Å². The van der Waals surface area contributed by atoms with Crippen LogP contribution in [0.4, 0.5) is 5.69 Å². The lowest BCUT2D eigenvalue weighted by atomic mass is 9.72. The number of nitrogens with zero attached hydrogens (tertiary/aromatic N) is 1. The molecule has 2 aliphatic rings. The first-order valence-electron chi connectivity index (χ1n) is 6.82. The van der Waals surface area contributed by atoms with E-state index in [1.165, 1.54) is 0 Å². The number of benzene rings is 1. The Morgan fingerprint density at radius 3 is 2.83 bits per heavy atom. The molecule has 0 N–H and O–H groups in total. The molecular weight excluding hydrogens is 226 g/mol. The molecule has 1 aromatic carbocycles. The van der Waals surface area contributed by atoms with Crippen molar-refractivity contribution < 1.29 is 9.53 Å². The van der Waals surface area contributed by atoms with E-state index in [0.29, 0.717) is 6.61 Å². The van der Waals surface area contributed by atoms with Crippen molar-refractivity contribution in [1.29, 1.82) is 0 Å². The Morgan fingerprint density at radius 1 is 1.33 bits per heavy atom. The van der Waals surface area contributed by atoms with Crippen LogP contribution in [-0.2, 0) is 9.53 Å². The Bertz CT molecular complexity index is 441. The van der Waals surface area contributed by atoms with E-state index in [2.05, 4.69) is 0 Å². The van der Waals surface area contributed by atoms with E-state index in [-0.39, 0.29) is 17.6 Å². The SMILES string of the molecule is CCO[C@]12CCCC[C@H]1C(=O)N2c1ccccc1. The van der Waals surface area contributed by atoms with Gasteiger partial charge in [-0.1, -0.05) is 24.6 Å². The van der Waals surface area contributed by atoms with Crippen LogP contribution in [0.1, 0.15) is 32.6 Å². The maximum absolute atomic E-state index is 12.3. The average molecular weight is 245 g/mol. The molecule has 3 nitrogen and oxygen atoms in total. The van der Waals surface area contributed by atoms with Gasteiger partial charge in [0.15, 0.2) is 5.72 Å². The van der Waals surface area contributed by atoms with Crippen molar-refractivity contribution in [3.05, 3.63) is 30.3 Å². The summed E-state index contributed by atoms with van der Waals surface area (Å²) in [6, 6.07) is 9.89. The van der Waals surface area contributed by atoms with Crippen LogP contribution < -0.4 is 4.90 Å². The largest absolute Gasteiger partial charge is 0.355 e. The first-order valence-corrected chi connectivity index (χ1v) is 6.82. The molecule has 0 aromatic heterocycles. The standard InChI is InChI=1S/C15H19NO2/c1-2-18-15-11-7-6-10-13(15)14(17)16(15)12-8-4-3-5-9-12/h3-5,8-9,13H,2,6-7,10-11H2,1H3/t13-,15+/m0/s1. The predicted octanol–water partition coefficient (Wildman–Crippen LogP) is 2.96. The fourth-order valence-electron chi connectivity index (χ4n) is 3.40. The molecule has 0 unspecified atom stereocenters. The van der Waals surface area contributed by atoms with Gasteiger partial charge in [-0.15, -0.1) is 0 Å². The highest BCUT2D eigenvalue weighted by molar-refractivity contribution is 6.04. The maximum Gasteiger partial charge on any atom is 0.237 e. The minimum absolute atomic E-state index is 0.0754. The van der Waals surface area contributed by atoms with Gasteiger partial charge in [0.25, 0.3) is 0 Å². The van der Waals surface area contributed by atoms with E-state index in [9.17, 15) is 4.79 Å². The van der Waals surface area contributed by atoms with Crippen molar-refractivity contribution in [3.8, 4) is 0 Å². The smallest absolute Gasteiger partial charge is 0.237 e. The number of rotatable bonds is 3. The highest BCUT2D eigenvalue weighted by Crippen LogP contribution is 2.50. The average Bonchev–Trinajstić information content (AvgIpc) is 2.40. The molecule has 1 aromatic rings. The molecule has 18 heavy (non-hydrogen) atoms. The van der Waals surface area contributed by atoms with Crippen LogP contribution in [0.3, 0.4) is 0 Å². The molecule has 1 aliphatic carbocycles. The number of carbonyl (C=O) groups excluding carboxylic acids is 1. The Kier molecular flexibility index (Phi) is 2.86. The number of para-hydroxylation sites is 1. The van der Waals surface area contributed by atoms with Gasteiger partial charge in [0.05, 0.1) is 5.92 Å². The molecule has 0 spiro atoms. The summed E-state index contributed by atoms with van der Waals surface area (Å²) in [5.41, 5.74) is 0.611. The number of hydrogen-bond acceptors (Lipinski definition) is 2. The Labute approximate surface area is 108 Å². The lowest BCUT2D eigenvalue weighted by Crippen LogP contribution is -2.73. The number of fused-ring (bicyclic) bond motifs is 1. The molecule has 2 atom stereocenters. The summed E-state index contributed by atoms with van der Waals surface area (Å²) in [4.78, 5) is 14.2. The number of anilines is 1. The highest BCUT2D eigenvalue weighted by atomic mass is 16.5. The quantitative estimate of drug-likeness (QED) is 0.766. The fraction of sp³-hybridized carbons (Fsp3) is 0.533.